The molecule has 0 atom stereocenters. The molecule has 0 radical (unpaired) electrons. The topological polar surface area (TPSA) is 50.4 Å². The van der Waals surface area contributed by atoms with Gasteiger partial charge in [0.2, 0.25) is 0 Å². The average Bonchev–Trinajstić information content (AvgIpc) is 2.55. The van der Waals surface area contributed by atoms with E-state index in [9.17, 15) is 4.79 Å². The van der Waals surface area contributed by atoms with E-state index in [0.717, 1.165) is 5.56 Å². The van der Waals surface area contributed by atoms with E-state index in [4.69, 9.17) is 35.4 Å². The zero-order chi connectivity index (χ0) is 16.8. The smallest absolute Gasteiger partial charge is 0.337 e. The van der Waals surface area contributed by atoms with Crippen LogP contribution in [-0.4, -0.2) is 18.2 Å². The normalized spacial score (nSPS) is 10.0. The fourth-order valence-electron chi connectivity index (χ4n) is 1.82. The van der Waals surface area contributed by atoms with Gasteiger partial charge in [-0.05, 0) is 48.1 Å². The van der Waals surface area contributed by atoms with Gasteiger partial charge in [0.05, 0.1) is 23.4 Å². The summed E-state index contributed by atoms with van der Waals surface area (Å²) >= 11 is 17.2. The third-order valence-electron chi connectivity index (χ3n) is 3.00. The number of halogens is 2. The molecule has 0 unspecified atom stereocenters. The molecule has 0 bridgehead atoms. The molecular formula is C16H14Cl2N2O2S. The molecule has 0 aromatic heterocycles. The first-order valence-electron chi connectivity index (χ1n) is 6.67. The molecule has 0 aliphatic heterocycles. The first-order chi connectivity index (χ1) is 11.0. The lowest BCUT2D eigenvalue weighted by atomic mass is 10.2. The van der Waals surface area contributed by atoms with E-state index in [2.05, 4.69) is 15.4 Å². The number of anilines is 1. The summed E-state index contributed by atoms with van der Waals surface area (Å²) in [5, 5.41) is 7.55. The lowest BCUT2D eigenvalue weighted by Crippen LogP contribution is -2.28. The van der Waals surface area contributed by atoms with Gasteiger partial charge in [0.1, 0.15) is 0 Å². The number of ether oxygens (including phenoxy) is 1. The van der Waals surface area contributed by atoms with Crippen molar-refractivity contribution in [3.8, 4) is 0 Å². The first kappa shape index (κ1) is 17.5. The van der Waals surface area contributed by atoms with Gasteiger partial charge in [0.25, 0.3) is 0 Å². The highest BCUT2D eigenvalue weighted by atomic mass is 35.5. The zero-order valence-corrected chi connectivity index (χ0v) is 14.6. The number of carbonyl (C=O) groups excluding carboxylic acids is 1. The number of nitrogens with one attached hydrogen (secondary N) is 2. The molecule has 0 saturated heterocycles. The Labute approximate surface area is 149 Å². The quantitative estimate of drug-likeness (QED) is 0.623. The number of thiocarbonyl (C=S) groups is 1. The second-order valence-corrected chi connectivity index (χ2v) is 5.87. The van der Waals surface area contributed by atoms with Crippen molar-refractivity contribution in [3.05, 3.63) is 63.6 Å². The van der Waals surface area contributed by atoms with Crippen molar-refractivity contribution in [2.75, 3.05) is 12.4 Å². The van der Waals surface area contributed by atoms with Crippen molar-refractivity contribution >= 4 is 52.2 Å². The minimum absolute atomic E-state index is 0.389. The van der Waals surface area contributed by atoms with Crippen LogP contribution in [0.5, 0.6) is 0 Å². The predicted molar refractivity (Wildman–Crippen MR) is 97.3 cm³/mol. The van der Waals surface area contributed by atoms with E-state index < -0.39 is 5.97 Å². The van der Waals surface area contributed by atoms with Crippen LogP contribution in [0.3, 0.4) is 0 Å². The Balaban J connectivity index is 1.99. The van der Waals surface area contributed by atoms with Crippen molar-refractivity contribution in [1.29, 1.82) is 0 Å². The third kappa shape index (κ3) is 5.10. The van der Waals surface area contributed by atoms with Gasteiger partial charge in [-0.2, -0.15) is 0 Å². The van der Waals surface area contributed by atoms with Crippen molar-refractivity contribution in [1.82, 2.24) is 5.32 Å². The molecular weight excluding hydrogens is 355 g/mol. The molecule has 0 amide bonds. The Hall–Kier alpha value is -1.82. The highest BCUT2D eigenvalue weighted by Gasteiger charge is 2.10. The number of carbonyl (C=O) groups is 1. The van der Waals surface area contributed by atoms with Crippen LogP contribution < -0.4 is 10.6 Å². The molecule has 0 fully saturated rings. The number of methoxy groups -OCH3 is 1. The summed E-state index contributed by atoms with van der Waals surface area (Å²) in [6.07, 6.45) is 0. The Kier molecular flexibility index (Phi) is 6.21. The van der Waals surface area contributed by atoms with Crippen LogP contribution in [0.1, 0.15) is 15.9 Å². The number of esters is 1. The van der Waals surface area contributed by atoms with Crippen LogP contribution in [0, 0.1) is 0 Å². The van der Waals surface area contributed by atoms with Crippen LogP contribution >= 0.6 is 35.4 Å². The Morgan fingerprint density at radius 1 is 1.17 bits per heavy atom. The van der Waals surface area contributed by atoms with E-state index in [1.807, 2.05) is 24.3 Å². The fourth-order valence-corrected chi connectivity index (χ4v) is 2.29. The molecule has 2 N–H and O–H groups in total. The fraction of sp³-hybridized carbons (Fsp3) is 0.125. The summed E-state index contributed by atoms with van der Waals surface area (Å²) in [5.74, 6) is -0.440. The van der Waals surface area contributed by atoms with E-state index in [1.165, 1.54) is 7.11 Å². The van der Waals surface area contributed by atoms with Crippen molar-refractivity contribution in [3.63, 3.8) is 0 Å². The largest absolute Gasteiger partial charge is 0.465 e. The molecule has 0 spiro atoms. The zero-order valence-electron chi connectivity index (χ0n) is 12.2. The Morgan fingerprint density at radius 3 is 2.52 bits per heavy atom. The SMILES string of the molecule is COC(=O)c1ccc(Cl)c(NC(=S)NCc2ccc(Cl)cc2)c1. The lowest BCUT2D eigenvalue weighted by molar-refractivity contribution is 0.0601. The molecule has 2 aromatic rings. The Morgan fingerprint density at radius 2 is 1.87 bits per heavy atom. The molecule has 4 nitrogen and oxygen atoms in total. The maximum absolute atomic E-state index is 11.5. The molecule has 2 aromatic carbocycles. The second kappa shape index (κ2) is 8.15. The van der Waals surface area contributed by atoms with Gasteiger partial charge in [-0.1, -0.05) is 35.3 Å². The van der Waals surface area contributed by atoms with E-state index in [0.29, 0.717) is 33.0 Å². The average molecular weight is 369 g/mol. The van der Waals surface area contributed by atoms with Crippen LogP contribution in [-0.2, 0) is 11.3 Å². The third-order valence-corrected chi connectivity index (χ3v) is 3.83. The number of hydrogen-bond acceptors (Lipinski definition) is 3. The van der Waals surface area contributed by atoms with Crippen LogP contribution in [0.25, 0.3) is 0 Å². The molecule has 0 aliphatic carbocycles. The minimum Gasteiger partial charge on any atom is -0.465 e. The van der Waals surface area contributed by atoms with Crippen LogP contribution in [0.4, 0.5) is 5.69 Å². The van der Waals surface area contributed by atoms with E-state index in [-0.39, 0.29) is 0 Å². The molecule has 0 aliphatic rings. The summed E-state index contributed by atoms with van der Waals surface area (Å²) in [7, 11) is 1.32. The maximum atomic E-state index is 11.5. The number of benzene rings is 2. The van der Waals surface area contributed by atoms with Crippen molar-refractivity contribution in [2.24, 2.45) is 0 Å². The highest BCUT2D eigenvalue weighted by Crippen LogP contribution is 2.23. The maximum Gasteiger partial charge on any atom is 0.337 e. The van der Waals surface area contributed by atoms with Gasteiger partial charge < -0.3 is 15.4 Å². The van der Waals surface area contributed by atoms with Gasteiger partial charge >= 0.3 is 5.97 Å². The molecule has 120 valence electrons. The molecule has 7 heteroatoms. The number of hydrogen-bond donors (Lipinski definition) is 2. The summed E-state index contributed by atoms with van der Waals surface area (Å²) in [4.78, 5) is 11.5. The second-order valence-electron chi connectivity index (χ2n) is 4.62. The van der Waals surface area contributed by atoms with Crippen LogP contribution in [0.15, 0.2) is 42.5 Å². The molecule has 0 heterocycles. The Bertz CT molecular complexity index is 721. The monoisotopic (exact) mass is 368 g/mol. The van der Waals surface area contributed by atoms with Gasteiger partial charge in [-0.15, -0.1) is 0 Å². The predicted octanol–water partition coefficient (Wildman–Crippen LogP) is 4.27. The molecule has 0 saturated carbocycles. The summed E-state index contributed by atoms with van der Waals surface area (Å²) in [6, 6.07) is 12.2. The summed E-state index contributed by atoms with van der Waals surface area (Å²) in [6.45, 7) is 0.539. The standard InChI is InChI=1S/C16H14Cl2N2O2S/c1-22-15(21)11-4-7-13(18)14(8-11)20-16(23)19-9-10-2-5-12(17)6-3-10/h2-8H,9H2,1H3,(H2,19,20,23). The van der Waals surface area contributed by atoms with Crippen molar-refractivity contribution in [2.45, 2.75) is 6.54 Å². The lowest BCUT2D eigenvalue weighted by Gasteiger charge is -2.12. The minimum atomic E-state index is -0.440. The van der Waals surface area contributed by atoms with Gasteiger partial charge in [-0.3, -0.25) is 0 Å². The van der Waals surface area contributed by atoms with Gasteiger partial charge in [-0.25, -0.2) is 4.79 Å². The first-order valence-corrected chi connectivity index (χ1v) is 7.83. The van der Waals surface area contributed by atoms with Gasteiger partial charge in [0, 0.05) is 11.6 Å². The van der Waals surface area contributed by atoms with Crippen molar-refractivity contribution < 1.29 is 9.53 Å². The van der Waals surface area contributed by atoms with Crippen LogP contribution in [0.2, 0.25) is 10.0 Å². The molecule has 2 rings (SSSR count). The van der Waals surface area contributed by atoms with E-state index >= 15 is 0 Å². The summed E-state index contributed by atoms with van der Waals surface area (Å²) < 4.78 is 4.68. The molecule has 23 heavy (non-hydrogen) atoms. The number of rotatable bonds is 4. The summed E-state index contributed by atoms with van der Waals surface area (Å²) in [5.41, 5.74) is 1.95. The van der Waals surface area contributed by atoms with E-state index in [1.54, 1.807) is 18.2 Å². The highest BCUT2D eigenvalue weighted by molar-refractivity contribution is 7.80. The van der Waals surface area contributed by atoms with Gasteiger partial charge in [0.15, 0.2) is 5.11 Å².